The number of rotatable bonds is 5. The Labute approximate surface area is 138 Å². The Balaban J connectivity index is 1.59. The molecule has 2 N–H and O–H groups in total. The molecule has 2 aromatic heterocycles. The summed E-state index contributed by atoms with van der Waals surface area (Å²) >= 11 is 0. The summed E-state index contributed by atoms with van der Waals surface area (Å²) in [5, 5.41) is 5.85. The van der Waals surface area contributed by atoms with Crippen LogP contribution in [0, 0.1) is 5.82 Å². The minimum atomic E-state index is -0.448. The van der Waals surface area contributed by atoms with Gasteiger partial charge in [-0.2, -0.15) is 0 Å². The number of halogens is 1. The van der Waals surface area contributed by atoms with E-state index >= 15 is 0 Å². The Morgan fingerprint density at radius 3 is 2.71 bits per heavy atom. The first-order valence-corrected chi connectivity index (χ1v) is 7.36. The lowest BCUT2D eigenvalue weighted by Gasteiger charge is -2.08. The van der Waals surface area contributed by atoms with E-state index in [0.717, 1.165) is 5.56 Å². The maximum atomic E-state index is 13.1. The van der Waals surface area contributed by atoms with E-state index < -0.39 is 5.82 Å². The van der Waals surface area contributed by atoms with E-state index in [1.54, 1.807) is 36.8 Å². The molecule has 0 fully saturated rings. The van der Waals surface area contributed by atoms with Crippen LogP contribution >= 0.6 is 0 Å². The number of pyridine rings is 2. The van der Waals surface area contributed by atoms with Crippen molar-refractivity contribution in [2.24, 2.45) is 0 Å². The van der Waals surface area contributed by atoms with Crippen LogP contribution in [0.2, 0.25) is 0 Å². The first-order chi connectivity index (χ1) is 11.7. The number of nitrogens with one attached hydrogen (secondary N) is 2. The van der Waals surface area contributed by atoms with E-state index in [9.17, 15) is 9.18 Å². The molecule has 0 atom stereocenters. The highest BCUT2D eigenvalue weighted by Gasteiger charge is 2.07. The molecule has 3 aromatic rings. The predicted molar refractivity (Wildman–Crippen MR) is 90.2 cm³/mol. The van der Waals surface area contributed by atoms with Crippen LogP contribution in [0.3, 0.4) is 0 Å². The summed E-state index contributed by atoms with van der Waals surface area (Å²) in [5.41, 5.74) is 1.84. The van der Waals surface area contributed by atoms with E-state index in [2.05, 4.69) is 20.6 Å². The number of carbonyl (C=O) groups excluding carboxylic acids is 1. The molecule has 2 heterocycles. The molecule has 1 aromatic carbocycles. The van der Waals surface area contributed by atoms with Gasteiger partial charge in [-0.15, -0.1) is 0 Å². The van der Waals surface area contributed by atoms with Crippen molar-refractivity contribution in [1.82, 2.24) is 9.97 Å². The highest BCUT2D eigenvalue weighted by atomic mass is 19.1. The quantitative estimate of drug-likeness (QED) is 0.755. The fourth-order valence-corrected chi connectivity index (χ4v) is 2.10. The monoisotopic (exact) mass is 322 g/mol. The fraction of sp³-hybridized carbons (Fsp3) is 0.0556. The van der Waals surface area contributed by atoms with Crippen LogP contribution in [0.25, 0.3) is 0 Å². The zero-order valence-electron chi connectivity index (χ0n) is 12.7. The Kier molecular flexibility index (Phi) is 4.76. The number of amides is 1. The highest BCUT2D eigenvalue weighted by molar-refractivity contribution is 6.04. The molecule has 0 saturated heterocycles. The van der Waals surface area contributed by atoms with Crippen molar-refractivity contribution >= 4 is 17.4 Å². The SMILES string of the molecule is O=C(Nc1ccc(NCc2cccnc2)nc1)c1cccc(F)c1. The van der Waals surface area contributed by atoms with Crippen molar-refractivity contribution in [2.45, 2.75) is 6.54 Å². The van der Waals surface area contributed by atoms with Crippen LogP contribution in [0.4, 0.5) is 15.9 Å². The molecule has 0 saturated carbocycles. The molecule has 5 nitrogen and oxygen atoms in total. The second kappa shape index (κ2) is 7.32. The maximum absolute atomic E-state index is 13.1. The van der Waals surface area contributed by atoms with Gasteiger partial charge < -0.3 is 10.6 Å². The van der Waals surface area contributed by atoms with Gasteiger partial charge in [-0.3, -0.25) is 9.78 Å². The Hall–Kier alpha value is -3.28. The molecule has 1 amide bonds. The van der Waals surface area contributed by atoms with Gasteiger partial charge in [0.25, 0.3) is 5.91 Å². The van der Waals surface area contributed by atoms with Gasteiger partial charge in [0.2, 0.25) is 0 Å². The third kappa shape index (κ3) is 4.13. The summed E-state index contributed by atoms with van der Waals surface area (Å²) in [6.07, 6.45) is 5.04. The molecule has 0 bridgehead atoms. The van der Waals surface area contributed by atoms with Crippen molar-refractivity contribution < 1.29 is 9.18 Å². The molecule has 6 heteroatoms. The first-order valence-electron chi connectivity index (χ1n) is 7.36. The van der Waals surface area contributed by atoms with Gasteiger partial charge in [0.1, 0.15) is 11.6 Å². The molecule has 120 valence electrons. The van der Waals surface area contributed by atoms with E-state index in [0.29, 0.717) is 18.1 Å². The van der Waals surface area contributed by atoms with Crippen LogP contribution < -0.4 is 10.6 Å². The lowest BCUT2D eigenvalue weighted by molar-refractivity contribution is 0.102. The van der Waals surface area contributed by atoms with Gasteiger partial charge in [0, 0.05) is 24.5 Å². The molecule has 3 rings (SSSR count). The Morgan fingerprint density at radius 1 is 1.08 bits per heavy atom. The molecule has 0 aliphatic carbocycles. The molecule has 0 radical (unpaired) electrons. The molecule has 0 spiro atoms. The van der Waals surface area contributed by atoms with Crippen LogP contribution in [0.15, 0.2) is 67.1 Å². The normalized spacial score (nSPS) is 10.2. The van der Waals surface area contributed by atoms with Crippen LogP contribution in [-0.4, -0.2) is 15.9 Å². The number of anilines is 2. The summed E-state index contributed by atoms with van der Waals surface area (Å²) in [6, 6.07) is 12.9. The average Bonchev–Trinajstić information content (AvgIpc) is 2.62. The molecule has 0 aliphatic heterocycles. The summed E-state index contributed by atoms with van der Waals surface area (Å²) in [5.74, 6) is -0.147. The summed E-state index contributed by atoms with van der Waals surface area (Å²) in [7, 11) is 0. The van der Waals surface area contributed by atoms with Crippen LogP contribution in [0.1, 0.15) is 15.9 Å². The number of hydrogen-bond donors (Lipinski definition) is 2. The topological polar surface area (TPSA) is 66.9 Å². The summed E-state index contributed by atoms with van der Waals surface area (Å²) in [4.78, 5) is 20.3. The molecule has 0 unspecified atom stereocenters. The second-order valence-corrected chi connectivity index (χ2v) is 5.11. The van der Waals surface area contributed by atoms with Crippen molar-refractivity contribution in [3.05, 3.63) is 84.1 Å². The Bertz CT molecular complexity index is 822. The van der Waals surface area contributed by atoms with Gasteiger partial charge in [0.05, 0.1) is 11.9 Å². The number of aromatic nitrogens is 2. The highest BCUT2D eigenvalue weighted by Crippen LogP contribution is 2.13. The van der Waals surface area contributed by atoms with Gasteiger partial charge in [-0.25, -0.2) is 9.37 Å². The second-order valence-electron chi connectivity index (χ2n) is 5.11. The minimum Gasteiger partial charge on any atom is -0.366 e. The third-order valence-corrected chi connectivity index (χ3v) is 3.30. The van der Waals surface area contributed by atoms with Gasteiger partial charge in [0.15, 0.2) is 0 Å². The summed E-state index contributed by atoms with van der Waals surface area (Å²) < 4.78 is 13.1. The first kappa shape index (κ1) is 15.6. The van der Waals surface area contributed by atoms with E-state index in [-0.39, 0.29) is 11.5 Å². The predicted octanol–water partition coefficient (Wildman–Crippen LogP) is 3.48. The molecular weight excluding hydrogens is 307 g/mol. The molecular formula is C18H15FN4O. The van der Waals surface area contributed by atoms with Crippen molar-refractivity contribution in [1.29, 1.82) is 0 Å². The zero-order chi connectivity index (χ0) is 16.8. The van der Waals surface area contributed by atoms with Crippen molar-refractivity contribution in [2.75, 3.05) is 10.6 Å². The average molecular weight is 322 g/mol. The van der Waals surface area contributed by atoms with Crippen LogP contribution in [-0.2, 0) is 6.54 Å². The largest absolute Gasteiger partial charge is 0.366 e. The number of carbonyl (C=O) groups is 1. The molecule has 24 heavy (non-hydrogen) atoms. The van der Waals surface area contributed by atoms with Gasteiger partial charge in [-0.05, 0) is 42.0 Å². The lowest BCUT2D eigenvalue weighted by atomic mass is 10.2. The van der Waals surface area contributed by atoms with Crippen molar-refractivity contribution in [3.63, 3.8) is 0 Å². The number of hydrogen-bond acceptors (Lipinski definition) is 4. The Morgan fingerprint density at radius 2 is 2.00 bits per heavy atom. The maximum Gasteiger partial charge on any atom is 0.255 e. The minimum absolute atomic E-state index is 0.258. The van der Waals surface area contributed by atoms with E-state index in [1.807, 2.05) is 12.1 Å². The number of benzene rings is 1. The van der Waals surface area contributed by atoms with Gasteiger partial charge >= 0.3 is 0 Å². The lowest BCUT2D eigenvalue weighted by Crippen LogP contribution is -2.12. The summed E-state index contributed by atoms with van der Waals surface area (Å²) in [6.45, 7) is 0.607. The number of nitrogens with zero attached hydrogens (tertiary/aromatic N) is 2. The smallest absolute Gasteiger partial charge is 0.255 e. The standard InChI is InChI=1S/C18H15FN4O/c19-15-5-1-4-14(9-15)18(24)23-16-6-7-17(22-12-16)21-11-13-3-2-8-20-10-13/h1-10,12H,11H2,(H,21,22)(H,23,24). The fourth-order valence-electron chi connectivity index (χ4n) is 2.10. The third-order valence-electron chi connectivity index (χ3n) is 3.30. The molecule has 0 aliphatic rings. The van der Waals surface area contributed by atoms with Crippen LogP contribution in [0.5, 0.6) is 0 Å². The van der Waals surface area contributed by atoms with E-state index in [1.165, 1.54) is 18.2 Å². The van der Waals surface area contributed by atoms with E-state index in [4.69, 9.17) is 0 Å². The van der Waals surface area contributed by atoms with Gasteiger partial charge in [-0.1, -0.05) is 12.1 Å². The van der Waals surface area contributed by atoms with Crippen molar-refractivity contribution in [3.8, 4) is 0 Å². The zero-order valence-corrected chi connectivity index (χ0v) is 12.7.